The summed E-state index contributed by atoms with van der Waals surface area (Å²) in [5.74, 6) is -0.863. The highest BCUT2D eigenvalue weighted by molar-refractivity contribution is 5.71. The Hall–Kier alpha value is -1.85. The Kier molecular flexibility index (Phi) is 45.3. The van der Waals surface area contributed by atoms with Gasteiger partial charge in [0.15, 0.2) is 6.10 Å². The third kappa shape index (κ3) is 45.1. The van der Waals surface area contributed by atoms with Crippen LogP contribution >= 0.6 is 0 Å². The maximum Gasteiger partial charge on any atom is 0.306 e. The van der Waals surface area contributed by atoms with Crippen molar-refractivity contribution in [1.82, 2.24) is 0 Å². The van der Waals surface area contributed by atoms with E-state index in [2.05, 4.69) is 32.9 Å². The number of esters is 3. The average molecular weight is 805 g/mol. The van der Waals surface area contributed by atoms with Crippen molar-refractivity contribution in [3.63, 3.8) is 0 Å². The summed E-state index contributed by atoms with van der Waals surface area (Å²) in [6.45, 7) is 6.64. The molecule has 0 aromatic heterocycles. The average Bonchev–Trinajstić information content (AvgIpc) is 3.21. The first-order valence-electron chi connectivity index (χ1n) is 25.2. The van der Waals surface area contributed by atoms with Crippen molar-refractivity contribution >= 4 is 17.9 Å². The summed E-state index contributed by atoms with van der Waals surface area (Å²) in [7, 11) is 0. The van der Waals surface area contributed by atoms with Crippen LogP contribution in [0.15, 0.2) is 12.2 Å². The minimum atomic E-state index is -0.765. The molecule has 57 heavy (non-hydrogen) atoms. The van der Waals surface area contributed by atoms with Gasteiger partial charge in [0.2, 0.25) is 0 Å². The lowest BCUT2D eigenvalue weighted by atomic mass is 10.0. The number of hydrogen-bond acceptors (Lipinski definition) is 6. The fourth-order valence-electron chi connectivity index (χ4n) is 7.44. The highest BCUT2D eigenvalue weighted by Crippen LogP contribution is 2.16. The molecular weight excluding hydrogens is 709 g/mol. The monoisotopic (exact) mass is 805 g/mol. The van der Waals surface area contributed by atoms with Crippen LogP contribution in [-0.4, -0.2) is 37.2 Å². The summed E-state index contributed by atoms with van der Waals surface area (Å²) in [4.78, 5) is 37.8. The molecule has 0 aromatic carbocycles. The number of unbranched alkanes of at least 4 members (excludes halogenated alkanes) is 33. The summed E-state index contributed by atoms with van der Waals surface area (Å²) >= 11 is 0. The molecule has 0 fully saturated rings. The van der Waals surface area contributed by atoms with Gasteiger partial charge in [0.1, 0.15) is 13.2 Å². The van der Waals surface area contributed by atoms with Crippen molar-refractivity contribution in [2.24, 2.45) is 0 Å². The summed E-state index contributed by atoms with van der Waals surface area (Å²) < 4.78 is 16.8. The molecule has 0 spiro atoms. The smallest absolute Gasteiger partial charge is 0.306 e. The van der Waals surface area contributed by atoms with E-state index in [1.807, 2.05) is 0 Å². The molecule has 0 saturated carbocycles. The third-order valence-corrected chi connectivity index (χ3v) is 11.3. The number of carbonyl (C=O) groups excluding carboxylic acids is 3. The maximum absolute atomic E-state index is 12.7. The molecule has 6 heteroatoms. The zero-order valence-corrected chi connectivity index (χ0v) is 38.4. The Balaban J connectivity index is 4.32. The van der Waals surface area contributed by atoms with E-state index < -0.39 is 6.10 Å². The van der Waals surface area contributed by atoms with Gasteiger partial charge in [-0.15, -0.1) is 0 Å². The van der Waals surface area contributed by atoms with Gasteiger partial charge in [-0.05, 0) is 44.9 Å². The van der Waals surface area contributed by atoms with Crippen molar-refractivity contribution < 1.29 is 28.6 Å². The topological polar surface area (TPSA) is 78.9 Å². The lowest BCUT2D eigenvalue weighted by Crippen LogP contribution is -2.30. The number of allylic oxidation sites excluding steroid dienone is 2. The molecule has 0 amide bonds. The van der Waals surface area contributed by atoms with E-state index in [1.54, 1.807) is 0 Å². The molecule has 0 bridgehead atoms. The van der Waals surface area contributed by atoms with Crippen LogP contribution in [0.3, 0.4) is 0 Å². The second-order valence-corrected chi connectivity index (χ2v) is 17.1. The van der Waals surface area contributed by atoms with Gasteiger partial charge in [-0.3, -0.25) is 14.4 Å². The zero-order chi connectivity index (χ0) is 41.5. The Labute approximate surface area is 354 Å². The minimum Gasteiger partial charge on any atom is -0.462 e. The van der Waals surface area contributed by atoms with Crippen LogP contribution in [0.1, 0.15) is 278 Å². The molecular formula is C51H96O6. The largest absolute Gasteiger partial charge is 0.462 e. The second kappa shape index (κ2) is 46.8. The number of ether oxygens (including phenoxy) is 3. The SMILES string of the molecule is CCCCCCCC/C=C\CCCCCCCC(=O)OC[C@@H](COC(=O)CCCCCCCCCCCCCCC)OC(=O)CCCCCCCCCCCCC. The van der Waals surface area contributed by atoms with Crippen molar-refractivity contribution in [2.45, 2.75) is 284 Å². The van der Waals surface area contributed by atoms with Crippen molar-refractivity contribution in [2.75, 3.05) is 13.2 Å². The fourth-order valence-corrected chi connectivity index (χ4v) is 7.44. The Morgan fingerprint density at radius 2 is 0.579 bits per heavy atom. The van der Waals surface area contributed by atoms with Gasteiger partial charge >= 0.3 is 17.9 Å². The van der Waals surface area contributed by atoms with Gasteiger partial charge in [-0.2, -0.15) is 0 Å². The number of carbonyl (C=O) groups is 3. The van der Waals surface area contributed by atoms with Crippen molar-refractivity contribution in [3.8, 4) is 0 Å². The first-order valence-corrected chi connectivity index (χ1v) is 25.2. The summed E-state index contributed by atoms with van der Waals surface area (Å²) in [6.07, 6.45) is 50.4. The molecule has 6 nitrogen and oxygen atoms in total. The molecule has 0 aliphatic heterocycles. The van der Waals surface area contributed by atoms with E-state index in [1.165, 1.54) is 173 Å². The number of hydrogen-bond donors (Lipinski definition) is 0. The molecule has 0 heterocycles. The molecule has 0 unspecified atom stereocenters. The highest BCUT2D eigenvalue weighted by Gasteiger charge is 2.19. The Bertz CT molecular complexity index is 885. The zero-order valence-electron chi connectivity index (χ0n) is 38.4. The molecule has 0 rings (SSSR count). The molecule has 0 saturated heterocycles. The minimum absolute atomic E-state index is 0.0675. The number of rotatable bonds is 46. The van der Waals surface area contributed by atoms with Crippen molar-refractivity contribution in [1.29, 1.82) is 0 Å². The standard InChI is InChI=1S/C51H96O6/c1-4-7-10-13-16-19-22-24-25-27-30-32-35-38-41-44-50(53)56-47-48(57-51(54)45-42-39-36-33-28-21-18-15-12-9-6-3)46-55-49(52)43-40-37-34-31-29-26-23-20-17-14-11-8-5-2/h24-25,48H,4-23,26-47H2,1-3H3/b25-24-/t48-/m1/s1. The van der Waals surface area contributed by atoms with Gasteiger partial charge in [0.25, 0.3) is 0 Å². The van der Waals surface area contributed by atoms with Crippen LogP contribution in [0.5, 0.6) is 0 Å². The summed E-state index contributed by atoms with van der Waals surface area (Å²) in [6, 6.07) is 0. The van der Waals surface area contributed by atoms with Gasteiger partial charge in [-0.25, -0.2) is 0 Å². The van der Waals surface area contributed by atoms with Gasteiger partial charge in [-0.1, -0.05) is 226 Å². The molecule has 0 aliphatic carbocycles. The molecule has 0 radical (unpaired) electrons. The van der Waals surface area contributed by atoms with Crippen LogP contribution in [0.25, 0.3) is 0 Å². The van der Waals surface area contributed by atoms with Gasteiger partial charge < -0.3 is 14.2 Å². The molecule has 0 aromatic rings. The van der Waals surface area contributed by atoms with E-state index >= 15 is 0 Å². The van der Waals surface area contributed by atoms with Crippen LogP contribution < -0.4 is 0 Å². The van der Waals surface area contributed by atoms with E-state index in [9.17, 15) is 14.4 Å². The third-order valence-electron chi connectivity index (χ3n) is 11.3. The Morgan fingerprint density at radius 3 is 0.877 bits per heavy atom. The van der Waals surface area contributed by atoms with Crippen LogP contribution in [-0.2, 0) is 28.6 Å². The van der Waals surface area contributed by atoms with Crippen LogP contribution in [0, 0.1) is 0 Å². The lowest BCUT2D eigenvalue weighted by molar-refractivity contribution is -0.167. The lowest BCUT2D eigenvalue weighted by Gasteiger charge is -2.18. The highest BCUT2D eigenvalue weighted by atomic mass is 16.6. The maximum atomic E-state index is 12.7. The van der Waals surface area contributed by atoms with Gasteiger partial charge in [0, 0.05) is 19.3 Å². The van der Waals surface area contributed by atoms with E-state index in [-0.39, 0.29) is 31.1 Å². The predicted molar refractivity (Wildman–Crippen MR) is 243 cm³/mol. The quantitative estimate of drug-likeness (QED) is 0.0264. The molecule has 336 valence electrons. The molecule has 0 N–H and O–H groups in total. The second-order valence-electron chi connectivity index (χ2n) is 17.1. The van der Waals surface area contributed by atoms with E-state index in [4.69, 9.17) is 14.2 Å². The fraction of sp³-hybridized carbons (Fsp3) is 0.902. The summed E-state index contributed by atoms with van der Waals surface area (Å²) in [5, 5.41) is 0. The van der Waals surface area contributed by atoms with E-state index in [0.29, 0.717) is 19.3 Å². The first-order chi connectivity index (χ1) is 28.0. The van der Waals surface area contributed by atoms with Crippen molar-refractivity contribution in [3.05, 3.63) is 12.2 Å². The predicted octanol–water partition coefficient (Wildman–Crippen LogP) is 16.2. The first kappa shape index (κ1) is 55.2. The normalized spacial score (nSPS) is 12.0. The van der Waals surface area contributed by atoms with Gasteiger partial charge in [0.05, 0.1) is 0 Å². The van der Waals surface area contributed by atoms with Crippen LogP contribution in [0.2, 0.25) is 0 Å². The molecule has 1 atom stereocenters. The van der Waals surface area contributed by atoms with Crippen LogP contribution in [0.4, 0.5) is 0 Å². The van der Waals surface area contributed by atoms with E-state index in [0.717, 1.165) is 64.2 Å². The summed E-state index contributed by atoms with van der Waals surface area (Å²) in [5.41, 5.74) is 0. The Morgan fingerprint density at radius 1 is 0.333 bits per heavy atom. The molecule has 0 aliphatic rings.